The van der Waals surface area contributed by atoms with Gasteiger partial charge in [0.15, 0.2) is 0 Å². The van der Waals surface area contributed by atoms with Gasteiger partial charge in [-0.25, -0.2) is 4.79 Å². The highest BCUT2D eigenvalue weighted by atomic mass is 19.4. The molecule has 4 nitrogen and oxygen atoms in total. The molecule has 0 radical (unpaired) electrons. The number of likely N-dealkylation sites (N-methyl/N-ethyl adjacent to an activating group) is 1. The van der Waals surface area contributed by atoms with Crippen LogP contribution in [-0.2, 0) is 12.7 Å². The van der Waals surface area contributed by atoms with Crippen molar-refractivity contribution in [1.82, 2.24) is 9.80 Å². The van der Waals surface area contributed by atoms with E-state index < -0.39 is 17.8 Å². The molecule has 2 aromatic carbocycles. The van der Waals surface area contributed by atoms with Crippen LogP contribution in [0.4, 0.5) is 18.0 Å². The van der Waals surface area contributed by atoms with Crippen LogP contribution in [0.15, 0.2) is 54.6 Å². The van der Waals surface area contributed by atoms with Crippen molar-refractivity contribution in [3.63, 3.8) is 0 Å². The first kappa shape index (κ1) is 21.2. The van der Waals surface area contributed by atoms with E-state index in [1.54, 1.807) is 4.90 Å². The number of alkyl halides is 3. The predicted molar refractivity (Wildman–Crippen MR) is 105 cm³/mol. The van der Waals surface area contributed by atoms with Gasteiger partial charge in [0.1, 0.15) is 5.75 Å². The maximum absolute atomic E-state index is 12.9. The number of hydrogen-bond acceptors (Lipinski definition) is 3. The van der Waals surface area contributed by atoms with Gasteiger partial charge in [0.2, 0.25) is 0 Å². The van der Waals surface area contributed by atoms with Crippen LogP contribution in [0, 0.1) is 0 Å². The molecule has 1 saturated heterocycles. The van der Waals surface area contributed by atoms with Gasteiger partial charge in [-0.3, -0.25) is 4.90 Å². The fourth-order valence-electron chi connectivity index (χ4n) is 3.70. The van der Waals surface area contributed by atoms with E-state index in [9.17, 15) is 18.0 Å². The summed E-state index contributed by atoms with van der Waals surface area (Å²) in [6, 6.07) is 14.5. The van der Waals surface area contributed by atoms with Crippen LogP contribution >= 0.6 is 0 Å². The fourth-order valence-corrected chi connectivity index (χ4v) is 3.70. The second-order valence-electron chi connectivity index (χ2n) is 7.20. The van der Waals surface area contributed by atoms with Gasteiger partial charge >= 0.3 is 12.3 Å². The van der Waals surface area contributed by atoms with Gasteiger partial charge in [0.25, 0.3) is 0 Å². The summed E-state index contributed by atoms with van der Waals surface area (Å²) in [6.45, 7) is 4.74. The minimum Gasteiger partial charge on any atom is -0.410 e. The largest absolute Gasteiger partial charge is 0.416 e. The Morgan fingerprint density at radius 3 is 2.62 bits per heavy atom. The molecule has 0 aromatic heterocycles. The lowest BCUT2D eigenvalue weighted by molar-refractivity contribution is -0.137. The molecule has 1 heterocycles. The van der Waals surface area contributed by atoms with E-state index in [0.717, 1.165) is 38.1 Å². The zero-order chi connectivity index (χ0) is 20.9. The monoisotopic (exact) mass is 406 g/mol. The van der Waals surface area contributed by atoms with Gasteiger partial charge in [0.05, 0.1) is 5.56 Å². The van der Waals surface area contributed by atoms with E-state index in [1.807, 2.05) is 25.1 Å². The highest BCUT2D eigenvalue weighted by Crippen LogP contribution is 2.31. The maximum atomic E-state index is 12.9. The summed E-state index contributed by atoms with van der Waals surface area (Å²) in [5.74, 6) is -0.0970. The van der Waals surface area contributed by atoms with E-state index in [2.05, 4.69) is 17.0 Å². The summed E-state index contributed by atoms with van der Waals surface area (Å²) in [5, 5.41) is 0. The van der Waals surface area contributed by atoms with Gasteiger partial charge in [-0.2, -0.15) is 13.2 Å². The number of piperidine rings is 1. The van der Waals surface area contributed by atoms with E-state index in [4.69, 9.17) is 4.74 Å². The average Bonchev–Trinajstić information content (AvgIpc) is 2.69. The molecule has 0 aliphatic carbocycles. The molecular weight excluding hydrogens is 381 g/mol. The van der Waals surface area contributed by atoms with Crippen LogP contribution in [0.3, 0.4) is 0 Å². The fraction of sp³-hybridized carbons (Fsp3) is 0.409. The number of hydrogen-bond donors (Lipinski definition) is 0. The maximum Gasteiger partial charge on any atom is 0.416 e. The SMILES string of the molecule is CCN(C(=O)Oc1cccc(C(F)(F)F)c1)C1CCCN(Cc2ccccc2)C1. The Labute approximate surface area is 168 Å². The second-order valence-corrected chi connectivity index (χ2v) is 7.20. The van der Waals surface area contributed by atoms with Gasteiger partial charge in [-0.1, -0.05) is 36.4 Å². The summed E-state index contributed by atoms with van der Waals surface area (Å²) in [5.41, 5.74) is 0.375. The molecule has 0 bridgehead atoms. The summed E-state index contributed by atoms with van der Waals surface area (Å²) in [6.07, 6.45) is -3.30. The zero-order valence-corrected chi connectivity index (χ0v) is 16.4. The van der Waals surface area contributed by atoms with Crippen molar-refractivity contribution >= 4 is 6.09 Å². The Bertz CT molecular complexity index is 811. The third-order valence-electron chi connectivity index (χ3n) is 5.11. The number of ether oxygens (including phenoxy) is 1. The van der Waals surface area contributed by atoms with Crippen LogP contribution in [0.25, 0.3) is 0 Å². The topological polar surface area (TPSA) is 32.8 Å². The van der Waals surface area contributed by atoms with Crippen LogP contribution in [0.2, 0.25) is 0 Å². The number of carbonyl (C=O) groups excluding carboxylic acids is 1. The molecular formula is C22H25F3N2O2. The minimum atomic E-state index is -4.48. The van der Waals surface area contributed by atoms with Crippen molar-refractivity contribution in [3.8, 4) is 5.75 Å². The molecule has 156 valence electrons. The molecule has 7 heteroatoms. The Balaban J connectivity index is 1.64. The van der Waals surface area contributed by atoms with Crippen LogP contribution in [0.1, 0.15) is 30.9 Å². The molecule has 3 rings (SSSR count). The minimum absolute atomic E-state index is 0.0317. The molecule has 0 spiro atoms. The molecule has 0 N–H and O–H groups in total. The summed E-state index contributed by atoms with van der Waals surface area (Å²) in [4.78, 5) is 16.6. The highest BCUT2D eigenvalue weighted by molar-refractivity contribution is 5.71. The third kappa shape index (κ3) is 5.73. The van der Waals surface area contributed by atoms with E-state index in [-0.39, 0.29) is 11.8 Å². The quantitative estimate of drug-likeness (QED) is 0.685. The number of nitrogens with zero attached hydrogens (tertiary/aromatic N) is 2. The van der Waals surface area contributed by atoms with Crippen LogP contribution in [0.5, 0.6) is 5.75 Å². The second kappa shape index (κ2) is 9.31. The standard InChI is InChI=1S/C22H25F3N2O2/c1-2-27(21(28)29-20-12-6-10-18(14-20)22(23,24)25)19-11-7-13-26(16-19)15-17-8-4-3-5-9-17/h3-6,8-10,12,14,19H,2,7,11,13,15-16H2,1H3. The number of likely N-dealkylation sites (tertiary alicyclic amines) is 1. The molecule has 1 aliphatic rings. The summed E-state index contributed by atoms with van der Waals surface area (Å²) in [7, 11) is 0. The molecule has 1 fully saturated rings. The first-order valence-corrected chi connectivity index (χ1v) is 9.79. The molecule has 2 aromatic rings. The van der Waals surface area contributed by atoms with Crippen molar-refractivity contribution in [2.24, 2.45) is 0 Å². The van der Waals surface area contributed by atoms with Gasteiger partial charge in [-0.05, 0) is 50.1 Å². The van der Waals surface area contributed by atoms with Crippen LogP contribution < -0.4 is 4.74 Å². The number of benzene rings is 2. The lowest BCUT2D eigenvalue weighted by Gasteiger charge is -2.38. The van der Waals surface area contributed by atoms with Gasteiger partial charge in [-0.15, -0.1) is 0 Å². The molecule has 0 saturated carbocycles. The average molecular weight is 406 g/mol. The van der Waals surface area contributed by atoms with Gasteiger partial charge in [0, 0.05) is 25.7 Å². The number of amides is 1. The van der Waals surface area contributed by atoms with E-state index >= 15 is 0 Å². The Morgan fingerprint density at radius 1 is 1.17 bits per heavy atom. The number of halogens is 3. The number of rotatable bonds is 5. The highest BCUT2D eigenvalue weighted by Gasteiger charge is 2.32. The molecule has 29 heavy (non-hydrogen) atoms. The lowest BCUT2D eigenvalue weighted by Crippen LogP contribution is -2.50. The van der Waals surface area contributed by atoms with Gasteiger partial charge < -0.3 is 9.64 Å². The first-order chi connectivity index (χ1) is 13.9. The van der Waals surface area contributed by atoms with Crippen molar-refractivity contribution in [2.75, 3.05) is 19.6 Å². The number of carbonyl (C=O) groups is 1. The first-order valence-electron chi connectivity index (χ1n) is 9.79. The Hall–Kier alpha value is -2.54. The van der Waals surface area contributed by atoms with Crippen molar-refractivity contribution < 1.29 is 22.7 Å². The third-order valence-corrected chi connectivity index (χ3v) is 5.11. The Kier molecular flexibility index (Phi) is 6.79. The predicted octanol–water partition coefficient (Wildman–Crippen LogP) is 5.19. The molecule has 1 unspecified atom stereocenters. The summed E-state index contributed by atoms with van der Waals surface area (Å²) >= 11 is 0. The van der Waals surface area contributed by atoms with E-state index in [0.29, 0.717) is 13.1 Å². The molecule has 1 atom stereocenters. The normalized spacial score (nSPS) is 17.7. The van der Waals surface area contributed by atoms with Crippen molar-refractivity contribution in [2.45, 2.75) is 38.5 Å². The lowest BCUT2D eigenvalue weighted by atomic mass is 10.0. The zero-order valence-electron chi connectivity index (χ0n) is 16.4. The van der Waals surface area contributed by atoms with Crippen molar-refractivity contribution in [3.05, 3.63) is 65.7 Å². The van der Waals surface area contributed by atoms with Crippen LogP contribution in [-0.4, -0.2) is 41.6 Å². The molecule has 1 aliphatic heterocycles. The van der Waals surface area contributed by atoms with Crippen molar-refractivity contribution in [1.29, 1.82) is 0 Å². The molecule has 1 amide bonds. The van der Waals surface area contributed by atoms with E-state index in [1.165, 1.54) is 17.7 Å². The summed E-state index contributed by atoms with van der Waals surface area (Å²) < 4.78 is 43.9. The Morgan fingerprint density at radius 2 is 1.93 bits per heavy atom. The smallest absolute Gasteiger partial charge is 0.410 e.